The van der Waals surface area contributed by atoms with Gasteiger partial charge in [-0.3, -0.25) is 20.2 Å². The Balaban J connectivity index is 4.33. The molecule has 0 amide bonds. The topological polar surface area (TPSA) is 144 Å². The van der Waals surface area contributed by atoms with Crippen LogP contribution >= 0.6 is 0 Å². The van der Waals surface area contributed by atoms with Crippen LogP contribution in [0.4, 0.5) is 0 Å². The highest BCUT2D eigenvalue weighted by Crippen LogP contribution is 2.16. The van der Waals surface area contributed by atoms with E-state index in [9.17, 15) is 35.2 Å². The van der Waals surface area contributed by atoms with E-state index in [1.807, 2.05) is 6.08 Å². The van der Waals surface area contributed by atoms with Crippen LogP contribution in [-0.4, -0.2) is 50.6 Å². The summed E-state index contributed by atoms with van der Waals surface area (Å²) in [4.78, 5) is 31.0. The molecule has 0 aliphatic carbocycles. The van der Waals surface area contributed by atoms with Gasteiger partial charge in [0, 0.05) is 22.7 Å². The number of carbonyl (C=O) groups is 1. The van der Waals surface area contributed by atoms with E-state index < -0.39 is 40.6 Å². The van der Waals surface area contributed by atoms with Gasteiger partial charge in [0.15, 0.2) is 0 Å². The van der Waals surface area contributed by atoms with Gasteiger partial charge in [-0.25, -0.2) is 0 Å². The minimum absolute atomic E-state index is 0.0137. The smallest absolute Gasteiger partial charge is 0.242 e. The number of rotatable bonds is 17. The molecule has 0 saturated heterocycles. The van der Waals surface area contributed by atoms with Crippen molar-refractivity contribution in [1.82, 2.24) is 0 Å². The average Bonchev–Trinajstić information content (AvgIpc) is 2.62. The van der Waals surface area contributed by atoms with Crippen LogP contribution in [-0.2, 0) is 4.79 Å². The fraction of sp³-hybridized carbons (Fsp3) is 0.833. The first-order valence-electron chi connectivity index (χ1n) is 9.56. The second-order valence-corrected chi connectivity index (χ2v) is 6.70. The van der Waals surface area contributed by atoms with E-state index in [1.54, 1.807) is 13.0 Å². The molecular weight excluding hydrogens is 356 g/mol. The van der Waals surface area contributed by atoms with Crippen LogP contribution < -0.4 is 0 Å². The van der Waals surface area contributed by atoms with Crippen LogP contribution in [0.5, 0.6) is 0 Å². The van der Waals surface area contributed by atoms with Gasteiger partial charge in [-0.2, -0.15) is 0 Å². The van der Waals surface area contributed by atoms with Crippen LogP contribution in [0.15, 0.2) is 12.2 Å². The molecule has 0 aromatic heterocycles. The van der Waals surface area contributed by atoms with Crippen molar-refractivity contribution in [2.24, 2.45) is 0 Å². The van der Waals surface area contributed by atoms with Gasteiger partial charge in [-0.15, -0.1) is 0 Å². The highest BCUT2D eigenvalue weighted by atomic mass is 16.6. The number of unbranched alkanes of at least 4 members (excludes halogenated alkanes) is 6. The van der Waals surface area contributed by atoms with E-state index >= 15 is 0 Å². The van der Waals surface area contributed by atoms with Gasteiger partial charge in [-0.05, 0) is 25.7 Å². The summed E-state index contributed by atoms with van der Waals surface area (Å²) in [5.74, 6) is 0. The Bertz CT molecular complexity index is 471. The van der Waals surface area contributed by atoms with E-state index in [0.29, 0.717) is 6.42 Å². The van der Waals surface area contributed by atoms with Crippen molar-refractivity contribution >= 4 is 6.29 Å². The number of nitro groups is 2. The molecule has 27 heavy (non-hydrogen) atoms. The van der Waals surface area contributed by atoms with Gasteiger partial charge in [0.1, 0.15) is 18.5 Å². The van der Waals surface area contributed by atoms with E-state index in [0.717, 1.165) is 44.8 Å². The predicted molar refractivity (Wildman–Crippen MR) is 101 cm³/mol. The predicted octanol–water partition coefficient (Wildman–Crippen LogP) is 2.67. The zero-order valence-electron chi connectivity index (χ0n) is 15.9. The molecule has 9 nitrogen and oxygen atoms in total. The molecule has 0 bridgehead atoms. The number of allylic oxidation sites excluding steroid dienone is 1. The number of hydrogen-bond acceptors (Lipinski definition) is 7. The van der Waals surface area contributed by atoms with E-state index in [2.05, 4.69) is 0 Å². The number of aliphatic hydroxyl groups is 2. The van der Waals surface area contributed by atoms with Crippen LogP contribution in [0, 0.1) is 20.2 Å². The Morgan fingerprint density at radius 3 is 1.93 bits per heavy atom. The van der Waals surface area contributed by atoms with Crippen molar-refractivity contribution in [3.05, 3.63) is 32.4 Å². The lowest BCUT2D eigenvalue weighted by atomic mass is 9.96. The molecule has 0 aromatic carbocycles. The van der Waals surface area contributed by atoms with Crippen molar-refractivity contribution in [2.45, 2.75) is 95.4 Å². The molecule has 0 rings (SSSR count). The normalized spacial score (nSPS) is 16.0. The summed E-state index contributed by atoms with van der Waals surface area (Å²) in [5.41, 5.74) is 0. The first-order chi connectivity index (χ1) is 12.8. The Labute approximate surface area is 159 Å². The second-order valence-electron chi connectivity index (χ2n) is 6.70. The molecule has 9 heteroatoms. The van der Waals surface area contributed by atoms with Crippen molar-refractivity contribution in [2.75, 3.05) is 0 Å². The number of aliphatic hydroxyl groups excluding tert-OH is 2. The van der Waals surface area contributed by atoms with Crippen LogP contribution in [0.1, 0.15) is 71.1 Å². The standard InChI is InChI=1S/C18H32N2O7/c1-2-17(22)16(20(26)27)14-18(23)15(19(24)25)12-10-8-6-4-3-5-7-9-11-13-21/h8,10,13,15-18,22-23H,2-7,9,11-12,14H2,1H3/b10-8-. The first kappa shape index (κ1) is 25.1. The highest BCUT2D eigenvalue weighted by Gasteiger charge is 2.38. The van der Waals surface area contributed by atoms with E-state index in [1.165, 1.54) is 0 Å². The number of carbonyl (C=O) groups excluding carboxylic acids is 1. The summed E-state index contributed by atoms with van der Waals surface area (Å²) in [6.07, 6.45) is 7.55. The number of nitrogens with zero attached hydrogens (tertiary/aromatic N) is 2. The van der Waals surface area contributed by atoms with Crippen molar-refractivity contribution in [1.29, 1.82) is 0 Å². The number of aldehydes is 1. The lowest BCUT2D eigenvalue weighted by molar-refractivity contribution is -0.553. The minimum Gasteiger partial charge on any atom is -0.386 e. The monoisotopic (exact) mass is 388 g/mol. The van der Waals surface area contributed by atoms with Crippen molar-refractivity contribution in [3.8, 4) is 0 Å². The molecule has 0 fully saturated rings. The van der Waals surface area contributed by atoms with Crippen molar-refractivity contribution in [3.63, 3.8) is 0 Å². The first-order valence-corrected chi connectivity index (χ1v) is 9.56. The molecule has 0 aliphatic heterocycles. The molecular formula is C18H32N2O7. The summed E-state index contributed by atoms with van der Waals surface area (Å²) in [7, 11) is 0. The zero-order valence-corrected chi connectivity index (χ0v) is 15.9. The SMILES string of the molecule is CCC(O)C(CC(O)C(C/C=C\CCCCCCCC=O)[N+](=O)[O-])[N+](=O)[O-]. The van der Waals surface area contributed by atoms with Gasteiger partial charge >= 0.3 is 0 Å². The molecule has 0 spiro atoms. The van der Waals surface area contributed by atoms with Gasteiger partial charge in [-0.1, -0.05) is 38.3 Å². The van der Waals surface area contributed by atoms with Crippen LogP contribution in [0.25, 0.3) is 0 Å². The Morgan fingerprint density at radius 2 is 1.41 bits per heavy atom. The van der Waals surface area contributed by atoms with E-state index in [4.69, 9.17) is 0 Å². The maximum atomic E-state index is 11.2. The summed E-state index contributed by atoms with van der Waals surface area (Å²) in [6, 6.07) is -2.76. The van der Waals surface area contributed by atoms with Gasteiger partial charge in [0.05, 0.1) is 6.42 Å². The maximum absolute atomic E-state index is 11.2. The molecule has 0 aromatic rings. The summed E-state index contributed by atoms with van der Waals surface area (Å²) < 4.78 is 0. The Morgan fingerprint density at radius 1 is 0.852 bits per heavy atom. The summed E-state index contributed by atoms with van der Waals surface area (Å²) in [5, 5.41) is 41.9. The fourth-order valence-electron chi connectivity index (χ4n) is 2.82. The van der Waals surface area contributed by atoms with Gasteiger partial charge < -0.3 is 15.0 Å². The zero-order chi connectivity index (χ0) is 20.7. The fourth-order valence-corrected chi connectivity index (χ4v) is 2.82. The Hall–Kier alpha value is -1.87. The van der Waals surface area contributed by atoms with Crippen LogP contribution in [0.3, 0.4) is 0 Å². The van der Waals surface area contributed by atoms with Gasteiger partial charge in [0.2, 0.25) is 12.1 Å². The molecule has 4 atom stereocenters. The summed E-state index contributed by atoms with van der Waals surface area (Å²) >= 11 is 0. The largest absolute Gasteiger partial charge is 0.386 e. The van der Waals surface area contributed by atoms with Crippen LogP contribution in [0.2, 0.25) is 0 Å². The lowest BCUT2D eigenvalue weighted by Gasteiger charge is -2.19. The third-order valence-electron chi connectivity index (χ3n) is 4.57. The molecule has 0 aliphatic rings. The maximum Gasteiger partial charge on any atom is 0.242 e. The third kappa shape index (κ3) is 11.4. The summed E-state index contributed by atoms with van der Waals surface area (Å²) in [6.45, 7) is 1.57. The third-order valence-corrected chi connectivity index (χ3v) is 4.57. The molecule has 0 heterocycles. The molecule has 156 valence electrons. The minimum atomic E-state index is -1.50. The van der Waals surface area contributed by atoms with Gasteiger partial charge in [0.25, 0.3) is 0 Å². The molecule has 4 unspecified atom stereocenters. The number of hydrogen-bond donors (Lipinski definition) is 2. The average molecular weight is 388 g/mol. The lowest BCUT2D eigenvalue weighted by Crippen LogP contribution is -2.42. The quantitative estimate of drug-likeness (QED) is 0.128. The highest BCUT2D eigenvalue weighted by molar-refractivity contribution is 5.48. The molecule has 0 radical (unpaired) electrons. The molecule has 2 N–H and O–H groups in total. The van der Waals surface area contributed by atoms with Crippen molar-refractivity contribution < 1.29 is 24.9 Å². The molecule has 0 saturated carbocycles. The second kappa shape index (κ2) is 15.2. The Kier molecular flexibility index (Phi) is 14.2. The van der Waals surface area contributed by atoms with E-state index in [-0.39, 0.29) is 12.8 Å².